The highest BCUT2D eigenvalue weighted by Gasteiger charge is 2.28. The van der Waals surface area contributed by atoms with E-state index in [1.165, 1.54) is 22.9 Å². The molecule has 7 heteroatoms. The number of amides is 2. The van der Waals surface area contributed by atoms with Gasteiger partial charge in [0.25, 0.3) is 11.8 Å². The Hall–Kier alpha value is -2.64. The van der Waals surface area contributed by atoms with Gasteiger partial charge in [-0.15, -0.1) is 0 Å². The SMILES string of the molecule is CC(C)(C)c1cc(CN2C(=O)COc3ccc(/C=C4/SC(=S)NC4=O)cc32)cc(C(C)(C)C)c1. The van der Waals surface area contributed by atoms with E-state index in [-0.39, 0.29) is 29.3 Å². The molecule has 0 unspecified atom stereocenters. The molecule has 0 bridgehead atoms. The maximum atomic E-state index is 13.0. The lowest BCUT2D eigenvalue weighted by molar-refractivity contribution is -0.121. The first-order valence-corrected chi connectivity index (χ1v) is 12.5. The van der Waals surface area contributed by atoms with Crippen LogP contribution in [-0.4, -0.2) is 22.7 Å². The molecule has 0 aliphatic carbocycles. The molecule has 2 heterocycles. The number of hydrogen-bond donors (Lipinski definition) is 1. The number of benzene rings is 2. The van der Waals surface area contributed by atoms with Crippen LogP contribution in [0.25, 0.3) is 6.08 Å². The third kappa shape index (κ3) is 5.20. The maximum Gasteiger partial charge on any atom is 0.265 e. The molecule has 178 valence electrons. The first-order chi connectivity index (χ1) is 15.8. The number of anilines is 1. The zero-order chi connectivity index (χ0) is 24.8. The molecule has 5 nitrogen and oxygen atoms in total. The fourth-order valence-corrected chi connectivity index (χ4v) is 4.93. The molecule has 2 aromatic carbocycles. The quantitative estimate of drug-likeness (QED) is 0.438. The van der Waals surface area contributed by atoms with Crippen LogP contribution in [0.2, 0.25) is 0 Å². The Morgan fingerprint density at radius 1 is 1.03 bits per heavy atom. The molecule has 0 saturated carbocycles. The molecule has 2 amide bonds. The average molecular weight is 495 g/mol. The third-order valence-corrected chi connectivity index (χ3v) is 7.09. The van der Waals surface area contributed by atoms with Gasteiger partial charge >= 0.3 is 0 Å². The van der Waals surface area contributed by atoms with Crippen LogP contribution in [0.1, 0.15) is 63.8 Å². The second kappa shape index (κ2) is 8.86. The van der Waals surface area contributed by atoms with Crippen LogP contribution in [-0.2, 0) is 27.0 Å². The smallest absolute Gasteiger partial charge is 0.265 e. The normalized spacial score (nSPS) is 17.6. The van der Waals surface area contributed by atoms with Gasteiger partial charge in [0.2, 0.25) is 0 Å². The van der Waals surface area contributed by atoms with Crippen LogP contribution in [0.15, 0.2) is 41.3 Å². The van der Waals surface area contributed by atoms with Gasteiger partial charge < -0.3 is 15.0 Å². The van der Waals surface area contributed by atoms with Crippen LogP contribution in [0.5, 0.6) is 5.75 Å². The Kier molecular flexibility index (Phi) is 6.38. The van der Waals surface area contributed by atoms with Crippen LogP contribution < -0.4 is 15.0 Å². The van der Waals surface area contributed by atoms with Crippen LogP contribution in [0.3, 0.4) is 0 Å². The van der Waals surface area contributed by atoms with Gasteiger partial charge in [-0.2, -0.15) is 0 Å². The molecule has 1 saturated heterocycles. The molecule has 2 aliphatic heterocycles. The number of ether oxygens (including phenoxy) is 1. The Labute approximate surface area is 210 Å². The Balaban J connectivity index is 1.73. The number of hydrogen-bond acceptors (Lipinski definition) is 5. The number of thiocarbonyl (C=S) groups is 1. The Morgan fingerprint density at radius 2 is 1.68 bits per heavy atom. The van der Waals surface area contributed by atoms with Gasteiger partial charge in [0.15, 0.2) is 6.61 Å². The van der Waals surface area contributed by atoms with E-state index < -0.39 is 0 Å². The zero-order valence-electron chi connectivity index (χ0n) is 20.4. The highest BCUT2D eigenvalue weighted by atomic mass is 32.2. The van der Waals surface area contributed by atoms with E-state index in [4.69, 9.17) is 17.0 Å². The van der Waals surface area contributed by atoms with Crippen LogP contribution in [0.4, 0.5) is 5.69 Å². The maximum absolute atomic E-state index is 13.0. The molecule has 0 aromatic heterocycles. The van der Waals surface area contributed by atoms with E-state index >= 15 is 0 Å². The molecular formula is C27H30N2O3S2. The summed E-state index contributed by atoms with van der Waals surface area (Å²) in [7, 11) is 0. The summed E-state index contributed by atoms with van der Waals surface area (Å²) in [4.78, 5) is 27.4. The highest BCUT2D eigenvalue weighted by molar-refractivity contribution is 8.26. The minimum Gasteiger partial charge on any atom is -0.482 e. The van der Waals surface area contributed by atoms with Gasteiger partial charge in [0, 0.05) is 0 Å². The summed E-state index contributed by atoms with van der Waals surface area (Å²) in [6, 6.07) is 12.3. The summed E-state index contributed by atoms with van der Waals surface area (Å²) < 4.78 is 6.15. The molecule has 0 radical (unpaired) electrons. The summed E-state index contributed by atoms with van der Waals surface area (Å²) in [5, 5.41) is 2.63. The molecular weight excluding hydrogens is 464 g/mol. The van der Waals surface area contributed by atoms with Crippen molar-refractivity contribution in [2.24, 2.45) is 0 Å². The molecule has 4 rings (SSSR count). The van der Waals surface area contributed by atoms with Crippen molar-refractivity contribution in [2.75, 3.05) is 11.5 Å². The van der Waals surface area contributed by atoms with Crippen molar-refractivity contribution in [3.05, 3.63) is 63.6 Å². The van der Waals surface area contributed by atoms with E-state index in [2.05, 4.69) is 65.1 Å². The van der Waals surface area contributed by atoms with E-state index in [1.54, 1.807) is 11.0 Å². The summed E-state index contributed by atoms with van der Waals surface area (Å²) in [5.41, 5.74) is 5.06. The lowest BCUT2D eigenvalue weighted by atomic mass is 9.79. The standard InChI is InChI=1S/C27H30N2O3S2/c1-26(2,3)18-9-17(10-19(13-18)27(4,5)6)14-29-20-11-16(7-8-21(20)32-15-23(29)30)12-22-24(31)28-25(33)34-22/h7-13H,14-15H2,1-6H3,(H,28,31,33)/b22-12+. The molecule has 34 heavy (non-hydrogen) atoms. The van der Waals surface area contributed by atoms with E-state index in [1.807, 2.05) is 18.2 Å². The highest BCUT2D eigenvalue weighted by Crippen LogP contribution is 2.37. The number of nitrogens with one attached hydrogen (secondary N) is 1. The third-order valence-electron chi connectivity index (χ3n) is 5.93. The Bertz CT molecular complexity index is 1190. The van der Waals surface area contributed by atoms with Crippen LogP contribution in [0, 0.1) is 0 Å². The number of fused-ring (bicyclic) bond motifs is 1. The first kappa shape index (κ1) is 24.5. The molecule has 2 aliphatic rings. The van der Waals surface area contributed by atoms with Crippen molar-refractivity contribution >= 4 is 51.9 Å². The molecule has 0 atom stereocenters. The zero-order valence-corrected chi connectivity index (χ0v) is 22.1. The molecule has 1 fully saturated rings. The van der Waals surface area contributed by atoms with Gasteiger partial charge in [-0.25, -0.2) is 0 Å². The second-order valence-corrected chi connectivity index (χ2v) is 12.5. The molecule has 0 spiro atoms. The number of nitrogens with zero attached hydrogens (tertiary/aromatic N) is 1. The van der Waals surface area contributed by atoms with Crippen molar-refractivity contribution in [2.45, 2.75) is 58.9 Å². The number of carbonyl (C=O) groups excluding carboxylic acids is 2. The van der Waals surface area contributed by atoms with Gasteiger partial charge in [-0.1, -0.05) is 89.8 Å². The summed E-state index contributed by atoms with van der Waals surface area (Å²) in [6.45, 7) is 13.7. The topological polar surface area (TPSA) is 58.6 Å². The summed E-state index contributed by atoms with van der Waals surface area (Å²) in [5.74, 6) is 0.361. The largest absolute Gasteiger partial charge is 0.482 e. The number of rotatable bonds is 3. The van der Waals surface area contributed by atoms with E-state index in [0.717, 1.165) is 11.1 Å². The van der Waals surface area contributed by atoms with E-state index in [9.17, 15) is 9.59 Å². The van der Waals surface area contributed by atoms with Gasteiger partial charge in [0.05, 0.1) is 17.1 Å². The van der Waals surface area contributed by atoms with Gasteiger partial charge in [-0.3, -0.25) is 9.59 Å². The van der Waals surface area contributed by atoms with Crippen molar-refractivity contribution in [1.82, 2.24) is 5.32 Å². The lowest BCUT2D eigenvalue weighted by Gasteiger charge is -2.31. The van der Waals surface area contributed by atoms with Gasteiger partial charge in [0.1, 0.15) is 10.1 Å². The molecule has 2 aromatic rings. The van der Waals surface area contributed by atoms with Crippen molar-refractivity contribution in [1.29, 1.82) is 0 Å². The minimum atomic E-state index is -0.203. The van der Waals surface area contributed by atoms with E-state index in [0.29, 0.717) is 27.2 Å². The Morgan fingerprint density at radius 3 is 2.24 bits per heavy atom. The first-order valence-electron chi connectivity index (χ1n) is 11.3. The monoisotopic (exact) mass is 494 g/mol. The number of thioether (sulfide) groups is 1. The minimum absolute atomic E-state index is 0.00501. The van der Waals surface area contributed by atoms with Crippen molar-refractivity contribution in [3.8, 4) is 5.75 Å². The van der Waals surface area contributed by atoms with Crippen molar-refractivity contribution in [3.63, 3.8) is 0 Å². The van der Waals surface area contributed by atoms with Gasteiger partial charge in [-0.05, 0) is 51.3 Å². The summed E-state index contributed by atoms with van der Waals surface area (Å²) >= 11 is 6.32. The fourth-order valence-electron chi connectivity index (χ4n) is 3.89. The summed E-state index contributed by atoms with van der Waals surface area (Å²) in [6.07, 6.45) is 1.79. The second-order valence-electron chi connectivity index (χ2n) is 10.8. The average Bonchev–Trinajstić information content (AvgIpc) is 3.05. The predicted octanol–water partition coefficient (Wildman–Crippen LogP) is 5.70. The van der Waals surface area contributed by atoms with Crippen molar-refractivity contribution < 1.29 is 14.3 Å². The lowest BCUT2D eigenvalue weighted by Crippen LogP contribution is -2.38. The number of carbonyl (C=O) groups is 2. The fraction of sp³-hybridized carbons (Fsp3) is 0.370. The predicted molar refractivity (Wildman–Crippen MR) is 143 cm³/mol. The molecule has 1 N–H and O–H groups in total. The van der Waals surface area contributed by atoms with Crippen LogP contribution >= 0.6 is 24.0 Å².